The highest BCUT2D eigenvalue weighted by Gasteiger charge is 2.09. The Kier molecular flexibility index (Phi) is 2.44. The summed E-state index contributed by atoms with van der Waals surface area (Å²) < 4.78 is 0.914. The molecule has 1 heterocycles. The van der Waals surface area contributed by atoms with Crippen molar-refractivity contribution in [3.8, 4) is 0 Å². The van der Waals surface area contributed by atoms with Gasteiger partial charge in [0.1, 0.15) is 0 Å². The molecule has 3 nitrogen and oxygen atoms in total. The van der Waals surface area contributed by atoms with Gasteiger partial charge >= 0.3 is 5.97 Å². The zero-order valence-electron chi connectivity index (χ0n) is 7.99. The predicted octanol–water partition coefficient (Wildman–Crippen LogP) is 3.00. The SMILES string of the molecule is Cc1nc2ccc(Br)cc2cc1C(=O)O. The molecule has 0 unspecified atom stereocenters. The van der Waals surface area contributed by atoms with Crippen LogP contribution in [0.4, 0.5) is 0 Å². The van der Waals surface area contributed by atoms with Gasteiger partial charge in [0, 0.05) is 9.86 Å². The van der Waals surface area contributed by atoms with E-state index in [0.29, 0.717) is 5.69 Å². The molecule has 0 aliphatic carbocycles. The molecule has 0 aliphatic rings. The minimum absolute atomic E-state index is 0.251. The van der Waals surface area contributed by atoms with Crippen LogP contribution in [0, 0.1) is 6.92 Å². The van der Waals surface area contributed by atoms with Gasteiger partial charge in [-0.25, -0.2) is 4.79 Å². The molecule has 0 saturated heterocycles. The quantitative estimate of drug-likeness (QED) is 0.863. The van der Waals surface area contributed by atoms with E-state index in [1.807, 2.05) is 18.2 Å². The van der Waals surface area contributed by atoms with Crippen LogP contribution in [0.3, 0.4) is 0 Å². The molecule has 0 saturated carbocycles. The fraction of sp³-hybridized carbons (Fsp3) is 0.0909. The molecule has 0 bridgehead atoms. The maximum absolute atomic E-state index is 10.9. The number of pyridine rings is 1. The number of aromatic nitrogens is 1. The van der Waals surface area contributed by atoms with Gasteiger partial charge in [-0.1, -0.05) is 15.9 Å². The van der Waals surface area contributed by atoms with Crippen molar-refractivity contribution in [1.29, 1.82) is 0 Å². The largest absolute Gasteiger partial charge is 0.478 e. The van der Waals surface area contributed by atoms with E-state index in [-0.39, 0.29) is 5.56 Å². The van der Waals surface area contributed by atoms with Crippen LogP contribution in [-0.4, -0.2) is 16.1 Å². The van der Waals surface area contributed by atoms with Gasteiger partial charge in [0.15, 0.2) is 0 Å². The van der Waals surface area contributed by atoms with Gasteiger partial charge in [-0.05, 0) is 31.2 Å². The summed E-state index contributed by atoms with van der Waals surface area (Å²) in [5.41, 5.74) is 1.60. The number of fused-ring (bicyclic) bond motifs is 1. The Hall–Kier alpha value is -1.42. The van der Waals surface area contributed by atoms with Gasteiger partial charge in [0.05, 0.1) is 16.8 Å². The summed E-state index contributed by atoms with van der Waals surface area (Å²) >= 11 is 3.34. The standard InChI is InChI=1S/C11H8BrNO2/c1-6-9(11(14)15)5-7-4-8(12)2-3-10(7)13-6/h2-5H,1H3,(H,14,15). The molecule has 1 N–H and O–H groups in total. The molecule has 0 spiro atoms. The van der Waals surface area contributed by atoms with E-state index >= 15 is 0 Å². The number of nitrogens with zero attached hydrogens (tertiary/aromatic N) is 1. The first-order valence-corrected chi connectivity index (χ1v) is 5.17. The Morgan fingerprint density at radius 3 is 2.80 bits per heavy atom. The Bertz CT molecular complexity index is 552. The minimum Gasteiger partial charge on any atom is -0.478 e. The van der Waals surface area contributed by atoms with Gasteiger partial charge in [0.2, 0.25) is 0 Å². The molecule has 0 aliphatic heterocycles. The van der Waals surface area contributed by atoms with E-state index in [1.165, 1.54) is 0 Å². The van der Waals surface area contributed by atoms with Crippen molar-refractivity contribution in [1.82, 2.24) is 4.98 Å². The number of carboxylic acid groups (broad SMARTS) is 1. The molecule has 15 heavy (non-hydrogen) atoms. The number of hydrogen-bond acceptors (Lipinski definition) is 2. The summed E-state index contributed by atoms with van der Waals surface area (Å²) in [6, 6.07) is 7.24. The summed E-state index contributed by atoms with van der Waals surface area (Å²) in [4.78, 5) is 15.1. The maximum atomic E-state index is 10.9. The highest BCUT2D eigenvalue weighted by Crippen LogP contribution is 2.20. The molecule has 0 radical (unpaired) electrons. The van der Waals surface area contributed by atoms with Crippen molar-refractivity contribution in [3.05, 3.63) is 40.0 Å². The first-order chi connectivity index (χ1) is 7.08. The highest BCUT2D eigenvalue weighted by atomic mass is 79.9. The van der Waals surface area contributed by atoms with E-state index in [0.717, 1.165) is 15.4 Å². The van der Waals surface area contributed by atoms with E-state index < -0.39 is 5.97 Å². The van der Waals surface area contributed by atoms with Crippen LogP contribution in [0.5, 0.6) is 0 Å². The Balaban J connectivity index is 2.77. The Morgan fingerprint density at radius 1 is 1.40 bits per heavy atom. The first kappa shape index (κ1) is 10.1. The van der Waals surface area contributed by atoms with Crippen LogP contribution in [-0.2, 0) is 0 Å². The molecule has 0 fully saturated rings. The molecular formula is C11H8BrNO2. The molecular weight excluding hydrogens is 258 g/mol. The van der Waals surface area contributed by atoms with Crippen molar-refractivity contribution in [3.63, 3.8) is 0 Å². The number of rotatable bonds is 1. The van der Waals surface area contributed by atoms with Gasteiger partial charge in [-0.3, -0.25) is 4.98 Å². The van der Waals surface area contributed by atoms with Crippen LogP contribution < -0.4 is 0 Å². The summed E-state index contributed by atoms with van der Waals surface area (Å²) in [6.07, 6.45) is 0. The average Bonchev–Trinajstić information content (AvgIpc) is 2.17. The molecule has 1 aromatic heterocycles. The second kappa shape index (κ2) is 3.62. The van der Waals surface area contributed by atoms with Crippen molar-refractivity contribution >= 4 is 32.8 Å². The number of carbonyl (C=O) groups is 1. The monoisotopic (exact) mass is 265 g/mol. The van der Waals surface area contributed by atoms with Crippen LogP contribution in [0.1, 0.15) is 16.1 Å². The summed E-state index contributed by atoms with van der Waals surface area (Å²) in [7, 11) is 0. The van der Waals surface area contributed by atoms with E-state index in [9.17, 15) is 4.79 Å². The van der Waals surface area contributed by atoms with E-state index in [4.69, 9.17) is 5.11 Å². The number of hydrogen-bond donors (Lipinski definition) is 1. The third-order valence-corrected chi connectivity index (χ3v) is 2.69. The number of benzene rings is 1. The van der Waals surface area contributed by atoms with Gasteiger partial charge in [-0.2, -0.15) is 0 Å². The first-order valence-electron chi connectivity index (χ1n) is 4.38. The number of aromatic carboxylic acids is 1. The zero-order chi connectivity index (χ0) is 11.0. The molecule has 1 aromatic carbocycles. The predicted molar refractivity (Wildman–Crippen MR) is 61.1 cm³/mol. The van der Waals surface area contributed by atoms with Gasteiger partial charge in [-0.15, -0.1) is 0 Å². The second-order valence-electron chi connectivity index (χ2n) is 3.26. The highest BCUT2D eigenvalue weighted by molar-refractivity contribution is 9.10. The summed E-state index contributed by atoms with van der Waals surface area (Å²) in [5, 5.41) is 9.77. The summed E-state index contributed by atoms with van der Waals surface area (Å²) in [5.74, 6) is -0.943. The molecule has 2 rings (SSSR count). The molecule has 4 heteroatoms. The van der Waals surface area contributed by atoms with Crippen LogP contribution >= 0.6 is 15.9 Å². The minimum atomic E-state index is -0.943. The van der Waals surface area contributed by atoms with Gasteiger partial charge in [0.25, 0.3) is 0 Å². The topological polar surface area (TPSA) is 50.2 Å². The lowest BCUT2D eigenvalue weighted by molar-refractivity contribution is 0.0696. The normalized spacial score (nSPS) is 10.5. The second-order valence-corrected chi connectivity index (χ2v) is 4.18. The number of halogens is 1. The fourth-order valence-electron chi connectivity index (χ4n) is 1.46. The lowest BCUT2D eigenvalue weighted by atomic mass is 10.1. The van der Waals surface area contributed by atoms with Crippen molar-refractivity contribution in [2.75, 3.05) is 0 Å². The van der Waals surface area contributed by atoms with Crippen LogP contribution in [0.15, 0.2) is 28.7 Å². The van der Waals surface area contributed by atoms with Crippen molar-refractivity contribution in [2.45, 2.75) is 6.92 Å². The van der Waals surface area contributed by atoms with Crippen molar-refractivity contribution < 1.29 is 9.90 Å². The number of aryl methyl sites for hydroxylation is 1. The third-order valence-electron chi connectivity index (χ3n) is 2.20. The molecule has 0 amide bonds. The maximum Gasteiger partial charge on any atom is 0.337 e. The smallest absolute Gasteiger partial charge is 0.337 e. The van der Waals surface area contributed by atoms with Gasteiger partial charge < -0.3 is 5.11 Å². The zero-order valence-corrected chi connectivity index (χ0v) is 9.58. The Labute approximate surface area is 94.9 Å². The average molecular weight is 266 g/mol. The Morgan fingerprint density at radius 2 is 2.13 bits per heavy atom. The van der Waals surface area contributed by atoms with Crippen LogP contribution in [0.25, 0.3) is 10.9 Å². The van der Waals surface area contributed by atoms with E-state index in [2.05, 4.69) is 20.9 Å². The fourth-order valence-corrected chi connectivity index (χ4v) is 1.84. The van der Waals surface area contributed by atoms with Crippen LogP contribution in [0.2, 0.25) is 0 Å². The van der Waals surface area contributed by atoms with E-state index in [1.54, 1.807) is 13.0 Å². The molecule has 2 aromatic rings. The summed E-state index contributed by atoms with van der Waals surface area (Å²) in [6.45, 7) is 1.70. The lowest BCUT2D eigenvalue weighted by Gasteiger charge is -2.03. The van der Waals surface area contributed by atoms with Crippen molar-refractivity contribution in [2.24, 2.45) is 0 Å². The number of carboxylic acids is 1. The third kappa shape index (κ3) is 1.85. The molecule has 76 valence electrons. The lowest BCUT2D eigenvalue weighted by Crippen LogP contribution is -2.01. The molecule has 0 atom stereocenters.